The molecule has 0 aliphatic rings. The van der Waals surface area contributed by atoms with Gasteiger partial charge >= 0.3 is 0 Å². The average Bonchev–Trinajstić information content (AvgIpc) is 2.34. The Labute approximate surface area is 121 Å². The number of primary sulfonamides is 1. The molecule has 0 heterocycles. The molecule has 0 radical (unpaired) electrons. The molecule has 10 heteroatoms. The van der Waals surface area contributed by atoms with Crippen molar-refractivity contribution in [2.75, 3.05) is 18.6 Å². The molecule has 1 atom stereocenters. The predicted molar refractivity (Wildman–Crippen MR) is 76.6 cm³/mol. The fourth-order valence-electron chi connectivity index (χ4n) is 1.37. The van der Waals surface area contributed by atoms with Crippen LogP contribution in [0.15, 0.2) is 34.1 Å². The second-order valence-corrected chi connectivity index (χ2v) is 8.93. The summed E-state index contributed by atoms with van der Waals surface area (Å²) in [6.45, 7) is 0.166. The van der Waals surface area contributed by atoms with Gasteiger partial charge in [-0.25, -0.2) is 26.7 Å². The minimum absolute atomic E-state index is 0.0532. The maximum Gasteiger partial charge on any atom is 0.240 e. The number of hydrogen-bond donors (Lipinski definition) is 2. The Morgan fingerprint density at radius 3 is 2.05 bits per heavy atom. The van der Waals surface area contributed by atoms with E-state index in [1.54, 1.807) is 6.26 Å². The minimum atomic E-state index is -3.84. The number of hydrogen-bond acceptors (Lipinski definition) is 5. The molecule has 0 saturated carbocycles. The normalized spacial score (nSPS) is 14.1. The van der Waals surface area contributed by atoms with Gasteiger partial charge in [0.25, 0.3) is 0 Å². The Balaban J connectivity index is 2.76. The molecule has 0 spiro atoms. The molecule has 0 aliphatic carbocycles. The zero-order chi connectivity index (χ0) is 15.4. The van der Waals surface area contributed by atoms with E-state index in [1.165, 1.54) is 12.1 Å². The molecule has 3 N–H and O–H groups in total. The second kappa shape index (κ2) is 6.76. The topological polar surface area (TPSA) is 123 Å². The third-order valence-corrected chi connectivity index (χ3v) is 5.63. The standard InChI is InChI=1S/C10H16N2O5S3/c1-18(13)8-2-7-12-20(16,17)10-5-3-9(4-6-10)19(11,14)15/h3-6,12H,2,7-8H2,1H3,(H2,11,14,15). The first-order chi connectivity index (χ1) is 9.13. The zero-order valence-electron chi connectivity index (χ0n) is 10.8. The quantitative estimate of drug-likeness (QED) is 0.640. The van der Waals surface area contributed by atoms with Gasteiger partial charge in [-0.15, -0.1) is 0 Å². The maximum atomic E-state index is 11.9. The molecule has 114 valence electrons. The highest BCUT2D eigenvalue weighted by Crippen LogP contribution is 2.13. The predicted octanol–water partition coefficient (Wildman–Crippen LogP) is -0.619. The van der Waals surface area contributed by atoms with Crippen LogP contribution < -0.4 is 9.86 Å². The molecule has 7 nitrogen and oxygen atoms in total. The Hall–Kier alpha value is -0.810. The molecule has 0 amide bonds. The maximum absolute atomic E-state index is 11.9. The molecule has 0 saturated heterocycles. The summed E-state index contributed by atoms with van der Waals surface area (Å²) in [6, 6.07) is 4.59. The molecular formula is C10H16N2O5S3. The van der Waals surface area contributed by atoms with Gasteiger partial charge in [-0.05, 0) is 30.7 Å². The Morgan fingerprint density at radius 2 is 1.60 bits per heavy atom. The van der Waals surface area contributed by atoms with Crippen LogP contribution in [0, 0.1) is 0 Å². The molecule has 1 unspecified atom stereocenters. The van der Waals surface area contributed by atoms with E-state index in [-0.39, 0.29) is 16.3 Å². The van der Waals surface area contributed by atoms with Crippen molar-refractivity contribution in [1.82, 2.24) is 4.72 Å². The molecule has 20 heavy (non-hydrogen) atoms. The van der Waals surface area contributed by atoms with E-state index in [9.17, 15) is 21.0 Å². The van der Waals surface area contributed by atoms with Crippen molar-refractivity contribution in [2.24, 2.45) is 5.14 Å². The molecule has 0 bridgehead atoms. The largest absolute Gasteiger partial charge is 0.260 e. The van der Waals surface area contributed by atoms with Crippen LogP contribution in [0.25, 0.3) is 0 Å². The van der Waals surface area contributed by atoms with Crippen LogP contribution in [0.3, 0.4) is 0 Å². The number of rotatable bonds is 7. The van der Waals surface area contributed by atoms with Crippen LogP contribution in [0.2, 0.25) is 0 Å². The summed E-state index contributed by atoms with van der Waals surface area (Å²) in [5.41, 5.74) is 0. The first-order valence-corrected chi connectivity index (χ1v) is 10.3. The van der Waals surface area contributed by atoms with E-state index in [1.807, 2.05) is 0 Å². The van der Waals surface area contributed by atoms with Crippen molar-refractivity contribution < 1.29 is 21.0 Å². The van der Waals surface area contributed by atoms with Crippen molar-refractivity contribution in [3.63, 3.8) is 0 Å². The smallest absolute Gasteiger partial charge is 0.240 e. The lowest BCUT2D eigenvalue weighted by Crippen LogP contribution is -2.25. The van der Waals surface area contributed by atoms with E-state index in [0.29, 0.717) is 12.2 Å². The van der Waals surface area contributed by atoms with Crippen molar-refractivity contribution in [3.05, 3.63) is 24.3 Å². The van der Waals surface area contributed by atoms with Gasteiger partial charge in [-0.1, -0.05) is 0 Å². The lowest BCUT2D eigenvalue weighted by Gasteiger charge is -2.06. The third kappa shape index (κ3) is 5.29. The summed E-state index contributed by atoms with van der Waals surface area (Å²) in [5.74, 6) is 0.410. The van der Waals surface area contributed by atoms with Gasteiger partial charge in [0, 0.05) is 29.4 Å². The molecule has 1 aromatic carbocycles. The fourth-order valence-corrected chi connectivity index (χ4v) is 3.51. The van der Waals surface area contributed by atoms with Crippen LogP contribution in [0.1, 0.15) is 6.42 Å². The molecule has 0 aliphatic heterocycles. The second-order valence-electron chi connectivity index (χ2n) is 4.05. The van der Waals surface area contributed by atoms with Crippen molar-refractivity contribution in [3.8, 4) is 0 Å². The summed E-state index contributed by atoms with van der Waals surface area (Å²) in [6.07, 6.45) is 2.00. The Bertz CT molecular complexity index is 680. The first kappa shape index (κ1) is 17.2. The van der Waals surface area contributed by atoms with Crippen LogP contribution in [0.4, 0.5) is 0 Å². The Morgan fingerprint density at radius 1 is 1.10 bits per heavy atom. The van der Waals surface area contributed by atoms with Gasteiger partial charge in [0.05, 0.1) is 9.79 Å². The van der Waals surface area contributed by atoms with Crippen LogP contribution in [-0.4, -0.2) is 39.6 Å². The summed E-state index contributed by atoms with van der Waals surface area (Å²) in [5, 5.41) is 4.92. The van der Waals surface area contributed by atoms with Crippen LogP contribution in [0.5, 0.6) is 0 Å². The number of nitrogens with one attached hydrogen (secondary N) is 1. The monoisotopic (exact) mass is 340 g/mol. The fraction of sp³-hybridized carbons (Fsp3) is 0.400. The molecule has 0 fully saturated rings. The van der Waals surface area contributed by atoms with E-state index in [4.69, 9.17) is 5.14 Å². The molecule has 0 aromatic heterocycles. The van der Waals surface area contributed by atoms with Gasteiger partial charge in [-0.2, -0.15) is 0 Å². The highest BCUT2D eigenvalue weighted by atomic mass is 32.2. The summed E-state index contributed by atoms with van der Waals surface area (Å²) >= 11 is 0. The van der Waals surface area contributed by atoms with Gasteiger partial charge in [0.15, 0.2) is 0 Å². The van der Waals surface area contributed by atoms with Crippen molar-refractivity contribution in [2.45, 2.75) is 16.2 Å². The lowest BCUT2D eigenvalue weighted by molar-refractivity contribution is 0.580. The Kier molecular flexibility index (Phi) is 5.83. The SMILES string of the molecule is CS(=O)CCCNS(=O)(=O)c1ccc(S(N)(=O)=O)cc1. The highest BCUT2D eigenvalue weighted by molar-refractivity contribution is 7.89. The lowest BCUT2D eigenvalue weighted by atomic mass is 10.4. The summed E-state index contributed by atoms with van der Waals surface area (Å²) in [7, 11) is -8.52. The van der Waals surface area contributed by atoms with Gasteiger partial charge in [0.2, 0.25) is 20.0 Å². The van der Waals surface area contributed by atoms with Crippen LogP contribution in [-0.2, 0) is 30.8 Å². The third-order valence-electron chi connectivity index (χ3n) is 2.36. The summed E-state index contributed by atoms with van der Waals surface area (Å²) < 4.78 is 59.0. The average molecular weight is 340 g/mol. The van der Waals surface area contributed by atoms with Gasteiger partial charge < -0.3 is 0 Å². The van der Waals surface area contributed by atoms with E-state index >= 15 is 0 Å². The van der Waals surface area contributed by atoms with Crippen molar-refractivity contribution in [1.29, 1.82) is 0 Å². The van der Waals surface area contributed by atoms with E-state index in [0.717, 1.165) is 12.1 Å². The van der Waals surface area contributed by atoms with Crippen LogP contribution >= 0.6 is 0 Å². The van der Waals surface area contributed by atoms with Crippen molar-refractivity contribution >= 4 is 30.8 Å². The highest BCUT2D eigenvalue weighted by Gasteiger charge is 2.15. The van der Waals surface area contributed by atoms with E-state index in [2.05, 4.69) is 4.72 Å². The number of sulfonamides is 2. The zero-order valence-corrected chi connectivity index (χ0v) is 13.2. The van der Waals surface area contributed by atoms with E-state index < -0.39 is 30.8 Å². The number of benzene rings is 1. The minimum Gasteiger partial charge on any atom is -0.260 e. The molecule has 1 aromatic rings. The van der Waals surface area contributed by atoms with Gasteiger partial charge in [0.1, 0.15) is 0 Å². The summed E-state index contributed by atoms with van der Waals surface area (Å²) in [4.78, 5) is -0.208. The molecule has 1 rings (SSSR count). The first-order valence-electron chi connectivity index (χ1n) is 5.55. The molecular weight excluding hydrogens is 324 g/mol. The number of nitrogens with two attached hydrogens (primary N) is 1. The van der Waals surface area contributed by atoms with Gasteiger partial charge in [-0.3, -0.25) is 4.21 Å².